The molecule has 1 fully saturated rings. The highest BCUT2D eigenvalue weighted by atomic mass is 16.5. The zero-order valence-corrected chi connectivity index (χ0v) is 11.1. The maximum Gasteiger partial charge on any atom is 0.164 e. The van der Waals surface area contributed by atoms with Crippen LogP contribution in [0.4, 0.5) is 0 Å². The summed E-state index contributed by atoms with van der Waals surface area (Å²) >= 11 is 0. The standard InChI is InChI=1S/C13H18N4O2/c1-18-11-2-5-17-12(14-15-13(17)10-11)3-4-16-6-8-19-9-7-16/h2,5,10H,3-4,6-9H2,1H3. The van der Waals surface area contributed by atoms with Crippen LogP contribution in [0.15, 0.2) is 18.3 Å². The van der Waals surface area contributed by atoms with Gasteiger partial charge in [0.25, 0.3) is 0 Å². The van der Waals surface area contributed by atoms with Crippen molar-refractivity contribution in [1.82, 2.24) is 19.5 Å². The second-order valence-electron chi connectivity index (χ2n) is 4.62. The Hall–Kier alpha value is -1.66. The van der Waals surface area contributed by atoms with Gasteiger partial charge in [-0.05, 0) is 6.07 Å². The number of morpholine rings is 1. The average molecular weight is 262 g/mol. The van der Waals surface area contributed by atoms with Gasteiger partial charge >= 0.3 is 0 Å². The van der Waals surface area contributed by atoms with E-state index in [2.05, 4.69) is 15.1 Å². The number of fused-ring (bicyclic) bond motifs is 1. The molecule has 2 aromatic rings. The van der Waals surface area contributed by atoms with E-state index in [1.165, 1.54) is 0 Å². The fourth-order valence-electron chi connectivity index (χ4n) is 2.30. The molecule has 0 N–H and O–H groups in total. The molecule has 0 radical (unpaired) electrons. The van der Waals surface area contributed by atoms with Crippen LogP contribution in [-0.2, 0) is 11.2 Å². The second-order valence-corrected chi connectivity index (χ2v) is 4.62. The zero-order valence-electron chi connectivity index (χ0n) is 11.1. The van der Waals surface area contributed by atoms with Crippen molar-refractivity contribution in [3.63, 3.8) is 0 Å². The van der Waals surface area contributed by atoms with Crippen molar-refractivity contribution in [2.75, 3.05) is 40.0 Å². The number of methoxy groups -OCH3 is 1. The number of hydrogen-bond acceptors (Lipinski definition) is 5. The SMILES string of the molecule is COc1ccn2c(CCN3CCOCC3)nnc2c1. The molecule has 19 heavy (non-hydrogen) atoms. The molecule has 6 heteroatoms. The Morgan fingerprint density at radius 3 is 2.95 bits per heavy atom. The van der Waals surface area contributed by atoms with Gasteiger partial charge in [0, 0.05) is 38.3 Å². The minimum absolute atomic E-state index is 0.805. The number of rotatable bonds is 4. The van der Waals surface area contributed by atoms with E-state index < -0.39 is 0 Å². The maximum atomic E-state index is 5.34. The first kappa shape index (κ1) is 12.4. The van der Waals surface area contributed by atoms with Gasteiger partial charge in [0.15, 0.2) is 5.65 Å². The van der Waals surface area contributed by atoms with E-state index in [4.69, 9.17) is 9.47 Å². The van der Waals surface area contributed by atoms with Crippen molar-refractivity contribution in [3.05, 3.63) is 24.2 Å². The van der Waals surface area contributed by atoms with Crippen molar-refractivity contribution >= 4 is 5.65 Å². The molecule has 0 saturated carbocycles. The van der Waals surface area contributed by atoms with E-state index >= 15 is 0 Å². The normalized spacial score (nSPS) is 16.9. The summed E-state index contributed by atoms with van der Waals surface area (Å²) < 4.78 is 12.5. The predicted molar refractivity (Wildman–Crippen MR) is 70.5 cm³/mol. The van der Waals surface area contributed by atoms with Crippen LogP contribution in [0.5, 0.6) is 5.75 Å². The van der Waals surface area contributed by atoms with Crippen molar-refractivity contribution in [1.29, 1.82) is 0 Å². The third-order valence-electron chi connectivity index (χ3n) is 3.44. The third kappa shape index (κ3) is 2.69. The molecule has 1 saturated heterocycles. The molecular weight excluding hydrogens is 244 g/mol. The first-order chi connectivity index (χ1) is 9.36. The van der Waals surface area contributed by atoms with Crippen molar-refractivity contribution in [2.24, 2.45) is 0 Å². The van der Waals surface area contributed by atoms with Gasteiger partial charge < -0.3 is 9.47 Å². The van der Waals surface area contributed by atoms with Crippen LogP contribution in [-0.4, -0.2) is 59.5 Å². The van der Waals surface area contributed by atoms with Crippen molar-refractivity contribution in [3.8, 4) is 5.75 Å². The van der Waals surface area contributed by atoms with Crippen LogP contribution in [0.25, 0.3) is 5.65 Å². The number of aromatic nitrogens is 3. The highest BCUT2D eigenvalue weighted by Crippen LogP contribution is 2.14. The first-order valence-corrected chi connectivity index (χ1v) is 6.54. The van der Waals surface area contributed by atoms with Crippen LogP contribution in [0.1, 0.15) is 5.82 Å². The molecule has 1 aliphatic heterocycles. The monoisotopic (exact) mass is 262 g/mol. The number of nitrogens with zero attached hydrogens (tertiary/aromatic N) is 4. The number of pyridine rings is 1. The first-order valence-electron chi connectivity index (χ1n) is 6.54. The van der Waals surface area contributed by atoms with Crippen LogP contribution < -0.4 is 4.74 Å². The molecule has 3 rings (SSSR count). The average Bonchev–Trinajstić information content (AvgIpc) is 2.88. The number of hydrogen-bond donors (Lipinski definition) is 0. The van der Waals surface area contributed by atoms with Crippen LogP contribution >= 0.6 is 0 Å². The molecule has 0 spiro atoms. The molecular formula is C13H18N4O2. The molecule has 0 aromatic carbocycles. The lowest BCUT2D eigenvalue weighted by atomic mass is 10.3. The van der Waals surface area contributed by atoms with Crippen LogP contribution in [0.2, 0.25) is 0 Å². The molecule has 0 aliphatic carbocycles. The van der Waals surface area contributed by atoms with Gasteiger partial charge in [-0.2, -0.15) is 0 Å². The minimum atomic E-state index is 0.805. The summed E-state index contributed by atoms with van der Waals surface area (Å²) in [6.07, 6.45) is 2.86. The Balaban J connectivity index is 1.70. The summed E-state index contributed by atoms with van der Waals surface area (Å²) in [5.41, 5.74) is 0.830. The van der Waals surface area contributed by atoms with Gasteiger partial charge in [-0.25, -0.2) is 0 Å². The lowest BCUT2D eigenvalue weighted by molar-refractivity contribution is 0.0382. The Morgan fingerprint density at radius 1 is 1.32 bits per heavy atom. The molecule has 0 unspecified atom stereocenters. The highest BCUT2D eigenvalue weighted by Gasteiger charge is 2.12. The number of ether oxygens (including phenoxy) is 2. The van der Waals surface area contributed by atoms with Crippen LogP contribution in [0.3, 0.4) is 0 Å². The Labute approximate surface area is 111 Å². The largest absolute Gasteiger partial charge is 0.497 e. The summed E-state index contributed by atoms with van der Waals surface area (Å²) in [5, 5.41) is 8.44. The van der Waals surface area contributed by atoms with E-state index in [-0.39, 0.29) is 0 Å². The van der Waals surface area contributed by atoms with E-state index in [0.717, 1.165) is 56.5 Å². The molecule has 3 heterocycles. The maximum absolute atomic E-state index is 5.34. The summed E-state index contributed by atoms with van der Waals surface area (Å²) in [7, 11) is 1.65. The lowest BCUT2D eigenvalue weighted by Crippen LogP contribution is -2.37. The van der Waals surface area contributed by atoms with Gasteiger partial charge in [-0.15, -0.1) is 10.2 Å². The third-order valence-corrected chi connectivity index (χ3v) is 3.44. The summed E-state index contributed by atoms with van der Waals surface area (Å²) in [5.74, 6) is 1.80. The van der Waals surface area contributed by atoms with E-state index in [9.17, 15) is 0 Å². The Bertz CT molecular complexity index is 549. The fraction of sp³-hybridized carbons (Fsp3) is 0.538. The fourth-order valence-corrected chi connectivity index (χ4v) is 2.30. The second kappa shape index (κ2) is 5.54. The highest BCUT2D eigenvalue weighted by molar-refractivity contribution is 5.44. The van der Waals surface area contributed by atoms with E-state index in [0.29, 0.717) is 0 Å². The Morgan fingerprint density at radius 2 is 2.16 bits per heavy atom. The summed E-state index contributed by atoms with van der Waals surface area (Å²) in [6, 6.07) is 3.82. The summed E-state index contributed by atoms with van der Waals surface area (Å²) in [4.78, 5) is 2.40. The molecule has 0 amide bonds. The molecule has 1 aliphatic rings. The molecule has 0 atom stereocenters. The Kier molecular flexibility index (Phi) is 3.61. The quantitative estimate of drug-likeness (QED) is 0.808. The summed E-state index contributed by atoms with van der Waals surface area (Å²) in [6.45, 7) is 4.67. The topological polar surface area (TPSA) is 51.9 Å². The van der Waals surface area contributed by atoms with Crippen LogP contribution in [0, 0.1) is 0 Å². The molecule has 102 valence electrons. The van der Waals surface area contributed by atoms with E-state index in [1.54, 1.807) is 7.11 Å². The van der Waals surface area contributed by atoms with Gasteiger partial charge in [-0.3, -0.25) is 9.30 Å². The van der Waals surface area contributed by atoms with Crippen molar-refractivity contribution in [2.45, 2.75) is 6.42 Å². The smallest absolute Gasteiger partial charge is 0.164 e. The zero-order chi connectivity index (χ0) is 13.1. The van der Waals surface area contributed by atoms with Crippen molar-refractivity contribution < 1.29 is 9.47 Å². The molecule has 2 aromatic heterocycles. The van der Waals surface area contributed by atoms with E-state index in [1.807, 2.05) is 22.7 Å². The van der Waals surface area contributed by atoms with Gasteiger partial charge in [0.2, 0.25) is 0 Å². The molecule has 0 bridgehead atoms. The van der Waals surface area contributed by atoms with Gasteiger partial charge in [0.1, 0.15) is 11.6 Å². The predicted octanol–water partition coefficient (Wildman–Crippen LogP) is 0.613. The van der Waals surface area contributed by atoms with Gasteiger partial charge in [0.05, 0.1) is 20.3 Å². The van der Waals surface area contributed by atoms with Gasteiger partial charge in [-0.1, -0.05) is 0 Å². The minimum Gasteiger partial charge on any atom is -0.497 e. The lowest BCUT2D eigenvalue weighted by Gasteiger charge is -2.26. The molecule has 6 nitrogen and oxygen atoms in total.